The number of hydrogen-bond donors (Lipinski definition) is 0. The normalized spacial score (nSPS) is 23.1. The van der Waals surface area contributed by atoms with Gasteiger partial charge in [0.1, 0.15) is 5.66 Å². The molecule has 2 aromatic carbocycles. The fourth-order valence-corrected chi connectivity index (χ4v) is 8.80. The first-order chi connectivity index (χ1) is 10.8. The summed E-state index contributed by atoms with van der Waals surface area (Å²) in [5.74, 6) is 0. The van der Waals surface area contributed by atoms with Crippen molar-refractivity contribution in [1.29, 1.82) is 0 Å². The fraction of sp³-hybridized carbons (Fsp3) is 0.292. The molecule has 1 aliphatic heterocycles. The SMILES string of the molecule is C[C@@H]1CC[C@H](C)[PH+]1C1c2ccccc2C=Cc2ccccc21.[CH3-].[CH3-].[CH3-].[Ir+3]. The van der Waals surface area contributed by atoms with Gasteiger partial charge in [-0.05, 0) is 37.8 Å². The van der Waals surface area contributed by atoms with Crippen molar-refractivity contribution in [2.75, 3.05) is 0 Å². The zero-order valence-corrected chi connectivity index (χ0v) is 20.1. The van der Waals surface area contributed by atoms with Gasteiger partial charge in [-0.1, -0.05) is 60.7 Å². The van der Waals surface area contributed by atoms with Crippen molar-refractivity contribution < 1.29 is 20.1 Å². The minimum absolute atomic E-state index is 0. The van der Waals surface area contributed by atoms with Crippen LogP contribution in [0.5, 0.6) is 0 Å². The van der Waals surface area contributed by atoms with Crippen molar-refractivity contribution in [3.8, 4) is 0 Å². The summed E-state index contributed by atoms with van der Waals surface area (Å²) in [4.78, 5) is 0. The molecule has 0 saturated carbocycles. The Bertz CT molecular complexity index is 662. The summed E-state index contributed by atoms with van der Waals surface area (Å²) in [7, 11) is -0.455. The molecule has 0 radical (unpaired) electrons. The molecule has 1 unspecified atom stereocenters. The van der Waals surface area contributed by atoms with Crippen molar-refractivity contribution in [3.05, 3.63) is 93.1 Å². The van der Waals surface area contributed by atoms with Gasteiger partial charge in [0.05, 0.1) is 11.3 Å². The molecule has 2 aromatic rings. The van der Waals surface area contributed by atoms with E-state index in [4.69, 9.17) is 0 Å². The molecule has 0 bridgehead atoms. The second-order valence-electron chi connectivity index (χ2n) is 6.90. The van der Waals surface area contributed by atoms with E-state index in [1.54, 1.807) is 11.1 Å². The maximum Gasteiger partial charge on any atom is 3.00 e. The largest absolute Gasteiger partial charge is 3.00 e. The van der Waals surface area contributed by atoms with Crippen LogP contribution in [0.25, 0.3) is 12.2 Å². The number of benzene rings is 2. The second kappa shape index (κ2) is 10.6. The fourth-order valence-electron chi connectivity index (χ4n) is 4.45. The molecule has 0 aromatic heterocycles. The molecule has 2 heteroatoms. The van der Waals surface area contributed by atoms with Crippen molar-refractivity contribution in [2.24, 2.45) is 0 Å². The summed E-state index contributed by atoms with van der Waals surface area (Å²) in [5.41, 5.74) is 8.43. The van der Waals surface area contributed by atoms with Gasteiger partial charge in [-0.25, -0.2) is 0 Å². The van der Waals surface area contributed by atoms with Gasteiger partial charge < -0.3 is 22.3 Å². The van der Waals surface area contributed by atoms with Crippen molar-refractivity contribution in [3.63, 3.8) is 0 Å². The van der Waals surface area contributed by atoms with Crippen LogP contribution in [0, 0.1) is 22.3 Å². The average molecular weight is 545 g/mol. The summed E-state index contributed by atoms with van der Waals surface area (Å²) in [6.45, 7) is 5.00. The molecule has 0 spiro atoms. The van der Waals surface area contributed by atoms with E-state index in [2.05, 4.69) is 74.5 Å². The number of rotatable bonds is 1. The molecule has 2 aliphatic rings. The maximum atomic E-state index is 2.50. The van der Waals surface area contributed by atoms with Crippen LogP contribution < -0.4 is 0 Å². The third kappa shape index (κ3) is 4.39. The van der Waals surface area contributed by atoms with Gasteiger partial charge >= 0.3 is 20.1 Å². The first-order valence-electron chi connectivity index (χ1n) is 8.48. The zero-order valence-electron chi connectivity index (χ0n) is 16.8. The van der Waals surface area contributed by atoms with Crippen LogP contribution in [0.4, 0.5) is 0 Å². The quantitative estimate of drug-likeness (QED) is 0.259. The van der Waals surface area contributed by atoms with Crippen LogP contribution >= 0.6 is 7.92 Å². The van der Waals surface area contributed by atoms with E-state index in [1.165, 1.54) is 24.0 Å². The third-order valence-corrected chi connectivity index (χ3v) is 9.70. The number of fused-ring (bicyclic) bond motifs is 2. The van der Waals surface area contributed by atoms with Gasteiger partial charge in [0.15, 0.2) is 0 Å². The Morgan fingerprint density at radius 1 is 0.692 bits per heavy atom. The second-order valence-corrected chi connectivity index (χ2v) is 10.5. The smallest absolute Gasteiger partial charge is 0.358 e. The predicted octanol–water partition coefficient (Wildman–Crippen LogP) is 7.39. The van der Waals surface area contributed by atoms with E-state index in [9.17, 15) is 0 Å². The van der Waals surface area contributed by atoms with Gasteiger partial charge in [0.2, 0.25) is 0 Å². The summed E-state index contributed by atoms with van der Waals surface area (Å²) in [6.07, 6.45) is 7.48. The van der Waals surface area contributed by atoms with E-state index >= 15 is 0 Å². The zero-order chi connectivity index (χ0) is 15.1. The molecule has 0 amide bonds. The molecule has 26 heavy (non-hydrogen) atoms. The molecular weight excluding hydrogens is 511 g/mol. The Hall–Kier alpha value is -0.741. The molecule has 1 heterocycles. The van der Waals surface area contributed by atoms with Crippen molar-refractivity contribution in [2.45, 2.75) is 43.7 Å². The Kier molecular flexibility index (Phi) is 10.3. The molecule has 0 nitrogen and oxygen atoms in total. The Morgan fingerprint density at radius 3 is 1.50 bits per heavy atom. The average Bonchev–Trinajstić information content (AvgIpc) is 2.79. The first-order valence-corrected chi connectivity index (χ1v) is 10.2. The Morgan fingerprint density at radius 2 is 1.08 bits per heavy atom. The van der Waals surface area contributed by atoms with Crippen LogP contribution in [-0.2, 0) is 20.1 Å². The van der Waals surface area contributed by atoms with E-state index < -0.39 is 7.92 Å². The van der Waals surface area contributed by atoms with Gasteiger partial charge in [-0.15, -0.1) is 0 Å². The van der Waals surface area contributed by atoms with Crippen molar-refractivity contribution in [1.82, 2.24) is 0 Å². The minimum Gasteiger partial charge on any atom is -0.358 e. The van der Waals surface area contributed by atoms with E-state index in [0.717, 1.165) is 11.3 Å². The number of hydrogen-bond acceptors (Lipinski definition) is 0. The summed E-state index contributed by atoms with van der Waals surface area (Å²) in [5, 5.41) is 0. The standard InChI is InChI=1S/C21H23P.3CH3.Ir/c1-15-11-12-16(2)22(15)21-19-9-5-3-7-17(19)13-14-18-8-4-6-10-20(18)21;;;;/h3-10,13-16,21H,11-12H2,1-2H3;3*1H3;/q;3*-1;+3/p+1/t15-,16+,22?;;;;. The van der Waals surface area contributed by atoms with Crippen molar-refractivity contribution >= 4 is 20.1 Å². The first kappa shape index (κ1) is 25.3. The van der Waals surface area contributed by atoms with Gasteiger partial charge in [-0.3, -0.25) is 0 Å². The Labute approximate surface area is 176 Å². The Balaban J connectivity index is 0.00000156. The van der Waals surface area contributed by atoms with Crippen LogP contribution in [0.2, 0.25) is 0 Å². The van der Waals surface area contributed by atoms with Gasteiger partial charge in [0.25, 0.3) is 0 Å². The topological polar surface area (TPSA) is 0 Å². The van der Waals surface area contributed by atoms with E-state index in [1.807, 2.05) is 0 Å². The summed E-state index contributed by atoms with van der Waals surface area (Å²) in [6, 6.07) is 18.1. The predicted molar refractivity (Wildman–Crippen MR) is 119 cm³/mol. The molecule has 142 valence electrons. The summed E-state index contributed by atoms with van der Waals surface area (Å²) >= 11 is 0. The third-order valence-electron chi connectivity index (χ3n) is 5.56. The van der Waals surface area contributed by atoms with Gasteiger partial charge in [0, 0.05) is 19.0 Å². The van der Waals surface area contributed by atoms with Gasteiger partial charge in [-0.2, -0.15) is 0 Å². The van der Waals surface area contributed by atoms with Crippen LogP contribution in [-0.4, -0.2) is 11.3 Å². The van der Waals surface area contributed by atoms with Crippen LogP contribution in [0.15, 0.2) is 48.5 Å². The van der Waals surface area contributed by atoms with E-state index in [0.29, 0.717) is 5.66 Å². The molecule has 1 saturated heterocycles. The van der Waals surface area contributed by atoms with Crippen LogP contribution in [0.1, 0.15) is 54.6 Å². The molecule has 3 atom stereocenters. The molecule has 4 rings (SSSR count). The van der Waals surface area contributed by atoms with E-state index in [-0.39, 0.29) is 42.4 Å². The minimum atomic E-state index is -0.455. The van der Waals surface area contributed by atoms with Crippen LogP contribution in [0.3, 0.4) is 0 Å². The maximum absolute atomic E-state index is 2.50. The summed E-state index contributed by atoms with van der Waals surface area (Å²) < 4.78 is 0. The monoisotopic (exact) mass is 545 g/mol. The molecule has 0 N–H and O–H groups in total. The molecular formula is C24H33IrP+. The molecule has 1 fully saturated rings. The molecule has 1 aliphatic carbocycles.